The van der Waals surface area contributed by atoms with Crippen LogP contribution in [-0.4, -0.2) is 62.8 Å². The van der Waals surface area contributed by atoms with Gasteiger partial charge >= 0.3 is 5.97 Å². The zero-order chi connectivity index (χ0) is 17.8. The summed E-state index contributed by atoms with van der Waals surface area (Å²) in [5.74, 6) is 0.115. The number of rotatable bonds is 5. The molecule has 0 spiro atoms. The van der Waals surface area contributed by atoms with Gasteiger partial charge in [0.05, 0.1) is 0 Å². The van der Waals surface area contributed by atoms with Gasteiger partial charge in [0.15, 0.2) is 4.75 Å². The zero-order valence-corrected chi connectivity index (χ0v) is 15.9. The van der Waals surface area contributed by atoms with Crippen LogP contribution in [-0.2, 0) is 25.3 Å². The summed E-state index contributed by atoms with van der Waals surface area (Å²) in [6, 6.07) is 0. The lowest BCUT2D eigenvalue weighted by Gasteiger charge is -2.41. The maximum atomic E-state index is 13.3. The monoisotopic (exact) mass is 361 g/mol. The molecule has 0 aliphatic carbocycles. The van der Waals surface area contributed by atoms with E-state index >= 15 is 0 Å². The predicted molar refractivity (Wildman–Crippen MR) is 92.8 cm³/mol. The molecule has 2 fully saturated rings. The van der Waals surface area contributed by atoms with Gasteiger partial charge in [-0.25, -0.2) is 8.51 Å². The van der Waals surface area contributed by atoms with Crippen molar-refractivity contribution in [1.82, 2.24) is 4.31 Å². The Morgan fingerprint density at radius 2 is 1.88 bits per heavy atom. The maximum absolute atomic E-state index is 13.3. The van der Waals surface area contributed by atoms with Crippen molar-refractivity contribution in [3.05, 3.63) is 0 Å². The van der Waals surface area contributed by atoms with Crippen LogP contribution in [0.2, 0.25) is 0 Å². The van der Waals surface area contributed by atoms with E-state index in [1.807, 2.05) is 25.1 Å². The first kappa shape index (κ1) is 19.8. The van der Waals surface area contributed by atoms with Gasteiger partial charge < -0.3 is 14.6 Å². The number of ether oxygens (including phenoxy) is 2. The zero-order valence-electron chi connectivity index (χ0n) is 15.1. The van der Waals surface area contributed by atoms with Crippen LogP contribution in [0.15, 0.2) is 0 Å². The molecule has 2 heterocycles. The molecule has 2 aliphatic rings. The Bertz CT molecular complexity index is 448. The summed E-state index contributed by atoms with van der Waals surface area (Å²) in [4.78, 5) is 12.9. The summed E-state index contributed by atoms with van der Waals surface area (Å²) in [5, 5.41) is 9.07. The lowest BCUT2D eigenvalue weighted by Crippen LogP contribution is -2.55. The lowest BCUT2D eigenvalue weighted by atomic mass is 9.95. The summed E-state index contributed by atoms with van der Waals surface area (Å²) >= 11 is 0. The van der Waals surface area contributed by atoms with E-state index in [4.69, 9.17) is 14.6 Å². The second-order valence-electron chi connectivity index (χ2n) is 7.74. The van der Waals surface area contributed by atoms with Gasteiger partial charge in [-0.1, -0.05) is 0 Å². The van der Waals surface area contributed by atoms with Crippen LogP contribution >= 0.6 is 0 Å². The van der Waals surface area contributed by atoms with Crippen molar-refractivity contribution in [3.63, 3.8) is 0 Å². The molecule has 1 N–H and O–H groups in total. The maximum Gasteiger partial charge on any atom is 0.326 e. The Kier molecular flexibility index (Phi) is 6.82. The average molecular weight is 362 g/mol. The van der Waals surface area contributed by atoms with Crippen molar-refractivity contribution in [2.24, 2.45) is 5.92 Å². The van der Waals surface area contributed by atoms with E-state index in [0.29, 0.717) is 45.1 Å². The summed E-state index contributed by atoms with van der Waals surface area (Å²) in [7, 11) is -1.42. The van der Waals surface area contributed by atoms with Crippen LogP contribution in [0.25, 0.3) is 0 Å². The van der Waals surface area contributed by atoms with E-state index in [1.165, 1.54) is 0 Å². The molecule has 0 amide bonds. The number of aliphatic hydroxyl groups excluding tert-OH is 1. The standard InChI is InChI=1S/C17H31NO5S/c1-16(2,3)23-15(20)17(7-12-22-13-8-17)24(21)18-9-4-14(5-10-18)6-11-19/h14,19H,4-13H2,1-3H3. The van der Waals surface area contributed by atoms with E-state index < -0.39 is 21.3 Å². The number of hydrogen-bond donors (Lipinski definition) is 1. The molecule has 24 heavy (non-hydrogen) atoms. The number of carbonyl (C=O) groups excluding carboxylic acids is 1. The van der Waals surface area contributed by atoms with Crippen molar-refractivity contribution in [3.8, 4) is 0 Å². The Labute approximate surface area is 147 Å². The van der Waals surface area contributed by atoms with Crippen LogP contribution in [0.5, 0.6) is 0 Å². The average Bonchev–Trinajstić information content (AvgIpc) is 2.54. The van der Waals surface area contributed by atoms with Crippen LogP contribution in [0.4, 0.5) is 0 Å². The minimum atomic E-state index is -1.42. The Morgan fingerprint density at radius 3 is 2.38 bits per heavy atom. The van der Waals surface area contributed by atoms with E-state index in [-0.39, 0.29) is 12.6 Å². The van der Waals surface area contributed by atoms with E-state index in [0.717, 1.165) is 19.3 Å². The summed E-state index contributed by atoms with van der Waals surface area (Å²) in [6.07, 6.45) is 3.49. The van der Waals surface area contributed by atoms with Crippen molar-refractivity contribution in [1.29, 1.82) is 0 Å². The largest absolute Gasteiger partial charge is 0.459 e. The third kappa shape index (κ3) is 4.77. The van der Waals surface area contributed by atoms with E-state index in [1.54, 1.807) is 0 Å². The molecule has 6 nitrogen and oxygen atoms in total. The van der Waals surface area contributed by atoms with Crippen molar-refractivity contribution < 1.29 is 23.6 Å². The number of aliphatic hydroxyl groups is 1. The molecule has 0 aromatic rings. The molecule has 0 bridgehead atoms. The highest BCUT2D eigenvalue weighted by molar-refractivity contribution is 7.85. The predicted octanol–water partition coefficient (Wildman–Crippen LogP) is 1.64. The quantitative estimate of drug-likeness (QED) is 0.753. The molecule has 140 valence electrons. The molecule has 0 aromatic heterocycles. The number of nitrogens with zero attached hydrogens (tertiary/aromatic N) is 1. The normalized spacial score (nSPS) is 24.5. The Hall–Kier alpha value is -0.500. The second-order valence-corrected chi connectivity index (χ2v) is 9.54. The molecular weight excluding hydrogens is 330 g/mol. The van der Waals surface area contributed by atoms with Crippen LogP contribution in [0, 0.1) is 5.92 Å². The summed E-state index contributed by atoms with van der Waals surface area (Å²) < 4.78 is 25.2. The van der Waals surface area contributed by atoms with Crippen LogP contribution < -0.4 is 0 Å². The summed E-state index contributed by atoms with van der Waals surface area (Å²) in [5.41, 5.74) is -0.597. The van der Waals surface area contributed by atoms with E-state index in [2.05, 4.69) is 0 Å². The highest BCUT2D eigenvalue weighted by Crippen LogP contribution is 2.34. The number of carbonyl (C=O) groups is 1. The topological polar surface area (TPSA) is 76.1 Å². The molecular formula is C17H31NO5S. The van der Waals surface area contributed by atoms with Gasteiger partial charge in [-0.3, -0.25) is 4.79 Å². The first-order chi connectivity index (χ1) is 11.3. The molecule has 7 heteroatoms. The second kappa shape index (κ2) is 8.25. The minimum absolute atomic E-state index is 0.201. The van der Waals surface area contributed by atoms with Crippen LogP contribution in [0.1, 0.15) is 52.9 Å². The molecule has 0 radical (unpaired) electrons. The number of hydrogen-bond acceptors (Lipinski definition) is 5. The fourth-order valence-electron chi connectivity index (χ4n) is 3.32. The van der Waals surface area contributed by atoms with Crippen molar-refractivity contribution >= 4 is 17.0 Å². The third-order valence-electron chi connectivity index (χ3n) is 4.75. The minimum Gasteiger partial charge on any atom is -0.459 e. The molecule has 0 saturated carbocycles. The Morgan fingerprint density at radius 1 is 1.29 bits per heavy atom. The fraction of sp³-hybridized carbons (Fsp3) is 0.941. The highest BCUT2D eigenvalue weighted by atomic mass is 32.2. The fourth-order valence-corrected chi connectivity index (χ4v) is 5.05. The molecule has 1 unspecified atom stereocenters. The number of piperidine rings is 1. The van der Waals surface area contributed by atoms with E-state index in [9.17, 15) is 9.00 Å². The molecule has 1 atom stereocenters. The highest BCUT2D eigenvalue weighted by Gasteiger charge is 2.50. The SMILES string of the molecule is CC(C)(C)OC(=O)C1(S(=O)N2CCC(CCO)CC2)CCOCC1. The van der Waals surface area contributed by atoms with Gasteiger partial charge in [-0.15, -0.1) is 0 Å². The van der Waals surface area contributed by atoms with Gasteiger partial charge in [0.25, 0.3) is 0 Å². The van der Waals surface area contributed by atoms with Crippen molar-refractivity contribution in [2.75, 3.05) is 32.9 Å². The van der Waals surface area contributed by atoms with Gasteiger partial charge in [0, 0.05) is 32.9 Å². The summed E-state index contributed by atoms with van der Waals surface area (Å²) in [6.45, 7) is 7.97. The van der Waals surface area contributed by atoms with Gasteiger partial charge in [0.1, 0.15) is 16.6 Å². The molecule has 2 aliphatic heterocycles. The molecule has 0 aromatic carbocycles. The number of esters is 1. The van der Waals surface area contributed by atoms with Crippen LogP contribution in [0.3, 0.4) is 0 Å². The van der Waals surface area contributed by atoms with Gasteiger partial charge in [-0.2, -0.15) is 0 Å². The van der Waals surface area contributed by atoms with Gasteiger partial charge in [0.2, 0.25) is 0 Å². The molecule has 2 saturated heterocycles. The first-order valence-corrected chi connectivity index (χ1v) is 9.98. The third-order valence-corrected chi connectivity index (χ3v) is 6.83. The Balaban J connectivity index is 2.10. The van der Waals surface area contributed by atoms with Crippen molar-refractivity contribution in [2.45, 2.75) is 63.2 Å². The van der Waals surface area contributed by atoms with Gasteiger partial charge in [-0.05, 0) is 58.8 Å². The first-order valence-electron chi connectivity index (χ1n) is 8.87. The lowest BCUT2D eigenvalue weighted by molar-refractivity contribution is -0.160. The molecule has 2 rings (SSSR count). The smallest absolute Gasteiger partial charge is 0.326 e.